The summed E-state index contributed by atoms with van der Waals surface area (Å²) in [6, 6.07) is 2.73. The van der Waals surface area contributed by atoms with E-state index in [0.717, 1.165) is 19.3 Å². The quantitative estimate of drug-likeness (QED) is 0.847. The molecular formula is C15H25NO. The molecule has 2 rings (SSSR count). The van der Waals surface area contributed by atoms with Crippen molar-refractivity contribution in [3.8, 4) is 0 Å². The lowest BCUT2D eigenvalue weighted by Crippen LogP contribution is -2.19. The fourth-order valence-corrected chi connectivity index (χ4v) is 3.06. The van der Waals surface area contributed by atoms with E-state index in [1.807, 2.05) is 0 Å². The van der Waals surface area contributed by atoms with Crippen LogP contribution in [-0.4, -0.2) is 9.67 Å². The van der Waals surface area contributed by atoms with E-state index < -0.39 is 0 Å². The maximum atomic E-state index is 10.1. The molecule has 17 heavy (non-hydrogen) atoms. The lowest BCUT2D eigenvalue weighted by atomic mass is 9.94. The van der Waals surface area contributed by atoms with Crippen molar-refractivity contribution in [1.29, 1.82) is 0 Å². The topological polar surface area (TPSA) is 25.2 Å². The van der Waals surface area contributed by atoms with Gasteiger partial charge < -0.3 is 9.67 Å². The Kier molecular flexibility index (Phi) is 3.62. The minimum atomic E-state index is -0.233. The van der Waals surface area contributed by atoms with Gasteiger partial charge in [0.15, 0.2) is 0 Å². The molecular weight excluding hydrogens is 210 g/mol. The molecule has 96 valence electrons. The van der Waals surface area contributed by atoms with Crippen LogP contribution in [0.1, 0.15) is 69.1 Å². The maximum Gasteiger partial charge on any atom is 0.0807 e. The molecule has 1 aromatic heterocycles. The summed E-state index contributed by atoms with van der Waals surface area (Å²) in [5, 5.41) is 10.1. The smallest absolute Gasteiger partial charge is 0.0807 e. The number of nitrogens with zero attached hydrogens (tertiary/aromatic N) is 1. The van der Waals surface area contributed by atoms with Crippen LogP contribution in [0, 0.1) is 12.8 Å². The first-order chi connectivity index (χ1) is 8.06. The average molecular weight is 235 g/mol. The molecule has 3 atom stereocenters. The molecule has 0 spiro atoms. The summed E-state index contributed by atoms with van der Waals surface area (Å²) in [4.78, 5) is 0. The fraction of sp³-hybridized carbons (Fsp3) is 0.733. The number of fused-ring (bicyclic) bond motifs is 1. The molecule has 1 aromatic rings. The first-order valence-corrected chi connectivity index (χ1v) is 6.94. The van der Waals surface area contributed by atoms with Gasteiger partial charge in [-0.25, -0.2) is 0 Å². The minimum absolute atomic E-state index is 0.233. The van der Waals surface area contributed by atoms with E-state index in [9.17, 15) is 5.11 Å². The number of aliphatic hydroxyl groups excluding tert-OH is 1. The SMILES string of the molecule is CCC(C)C(C)n1c(C)cc2c1CCCC2O. The molecule has 1 aliphatic carbocycles. The molecule has 0 bridgehead atoms. The zero-order chi connectivity index (χ0) is 12.6. The van der Waals surface area contributed by atoms with Gasteiger partial charge in [-0.2, -0.15) is 0 Å². The zero-order valence-corrected chi connectivity index (χ0v) is 11.5. The van der Waals surface area contributed by atoms with Gasteiger partial charge in [-0.15, -0.1) is 0 Å². The van der Waals surface area contributed by atoms with E-state index in [2.05, 4.69) is 38.3 Å². The maximum absolute atomic E-state index is 10.1. The van der Waals surface area contributed by atoms with Gasteiger partial charge in [0, 0.05) is 23.0 Å². The van der Waals surface area contributed by atoms with Crippen molar-refractivity contribution in [3.63, 3.8) is 0 Å². The van der Waals surface area contributed by atoms with Crippen LogP contribution < -0.4 is 0 Å². The van der Waals surface area contributed by atoms with E-state index >= 15 is 0 Å². The van der Waals surface area contributed by atoms with E-state index in [1.165, 1.54) is 23.4 Å². The first-order valence-electron chi connectivity index (χ1n) is 6.94. The molecule has 0 fully saturated rings. The number of rotatable bonds is 3. The predicted molar refractivity (Wildman–Crippen MR) is 71.2 cm³/mol. The third kappa shape index (κ3) is 2.15. The highest BCUT2D eigenvalue weighted by Crippen LogP contribution is 2.35. The highest BCUT2D eigenvalue weighted by atomic mass is 16.3. The molecule has 2 nitrogen and oxygen atoms in total. The van der Waals surface area contributed by atoms with Crippen LogP contribution in [-0.2, 0) is 6.42 Å². The standard InChI is InChI=1S/C15H25NO/c1-5-10(2)12(4)16-11(3)9-13-14(16)7-6-8-15(13)17/h9-10,12,15,17H,5-8H2,1-4H3. The Hall–Kier alpha value is -0.760. The van der Waals surface area contributed by atoms with Crippen LogP contribution >= 0.6 is 0 Å². The van der Waals surface area contributed by atoms with Gasteiger partial charge in [0.25, 0.3) is 0 Å². The summed E-state index contributed by atoms with van der Waals surface area (Å²) < 4.78 is 2.46. The molecule has 0 radical (unpaired) electrons. The Morgan fingerprint density at radius 3 is 2.82 bits per heavy atom. The van der Waals surface area contributed by atoms with Crippen LogP contribution in [0.5, 0.6) is 0 Å². The van der Waals surface area contributed by atoms with Gasteiger partial charge in [-0.05, 0) is 45.1 Å². The van der Waals surface area contributed by atoms with Crippen molar-refractivity contribution in [2.75, 3.05) is 0 Å². The van der Waals surface area contributed by atoms with Crippen molar-refractivity contribution in [2.24, 2.45) is 5.92 Å². The Bertz CT molecular complexity index is 394. The van der Waals surface area contributed by atoms with Gasteiger partial charge >= 0.3 is 0 Å². The molecule has 2 heteroatoms. The van der Waals surface area contributed by atoms with Gasteiger partial charge in [0.2, 0.25) is 0 Å². The molecule has 1 aliphatic rings. The van der Waals surface area contributed by atoms with E-state index in [-0.39, 0.29) is 6.10 Å². The Labute approximate surface area is 105 Å². The summed E-state index contributed by atoms with van der Waals surface area (Å²) in [6.07, 6.45) is 4.14. The Balaban J connectivity index is 2.40. The van der Waals surface area contributed by atoms with Crippen LogP contribution in [0.2, 0.25) is 0 Å². The lowest BCUT2D eigenvalue weighted by Gasteiger charge is -2.27. The van der Waals surface area contributed by atoms with Gasteiger partial charge in [0.1, 0.15) is 0 Å². The second-order valence-corrected chi connectivity index (χ2v) is 5.59. The van der Waals surface area contributed by atoms with E-state index in [4.69, 9.17) is 0 Å². The lowest BCUT2D eigenvalue weighted by molar-refractivity contribution is 0.155. The molecule has 0 aromatic carbocycles. The van der Waals surface area contributed by atoms with Gasteiger partial charge in [-0.1, -0.05) is 20.3 Å². The molecule has 0 amide bonds. The normalized spacial score (nSPS) is 23.2. The molecule has 1 heterocycles. The number of hydrogen-bond acceptors (Lipinski definition) is 1. The Morgan fingerprint density at radius 1 is 1.47 bits per heavy atom. The Morgan fingerprint density at radius 2 is 2.18 bits per heavy atom. The highest BCUT2D eigenvalue weighted by Gasteiger charge is 2.26. The average Bonchev–Trinajstić information content (AvgIpc) is 2.65. The summed E-state index contributed by atoms with van der Waals surface area (Å²) in [7, 11) is 0. The van der Waals surface area contributed by atoms with Crippen molar-refractivity contribution < 1.29 is 5.11 Å². The van der Waals surface area contributed by atoms with Gasteiger partial charge in [-0.3, -0.25) is 0 Å². The number of hydrogen-bond donors (Lipinski definition) is 1. The predicted octanol–water partition coefficient (Wildman–Crippen LogP) is 3.77. The van der Waals surface area contributed by atoms with Crippen molar-refractivity contribution in [1.82, 2.24) is 4.57 Å². The van der Waals surface area contributed by atoms with Crippen molar-refractivity contribution in [2.45, 2.75) is 65.5 Å². The second kappa shape index (κ2) is 4.85. The summed E-state index contributed by atoms with van der Waals surface area (Å²) in [6.45, 7) is 9.05. The van der Waals surface area contributed by atoms with E-state index in [0.29, 0.717) is 12.0 Å². The third-order valence-electron chi connectivity index (χ3n) is 4.49. The van der Waals surface area contributed by atoms with Crippen molar-refractivity contribution in [3.05, 3.63) is 23.0 Å². The van der Waals surface area contributed by atoms with Gasteiger partial charge in [0.05, 0.1) is 6.10 Å². The van der Waals surface area contributed by atoms with E-state index in [1.54, 1.807) is 0 Å². The minimum Gasteiger partial charge on any atom is -0.388 e. The molecule has 3 unspecified atom stereocenters. The zero-order valence-electron chi connectivity index (χ0n) is 11.5. The fourth-order valence-electron chi connectivity index (χ4n) is 3.06. The van der Waals surface area contributed by atoms with Crippen LogP contribution in [0.4, 0.5) is 0 Å². The molecule has 0 aliphatic heterocycles. The molecule has 0 saturated carbocycles. The molecule has 0 saturated heterocycles. The van der Waals surface area contributed by atoms with Crippen molar-refractivity contribution >= 4 is 0 Å². The van der Waals surface area contributed by atoms with Crippen LogP contribution in [0.15, 0.2) is 6.07 Å². The van der Waals surface area contributed by atoms with Crippen LogP contribution in [0.3, 0.4) is 0 Å². The number of aliphatic hydroxyl groups is 1. The third-order valence-corrected chi connectivity index (χ3v) is 4.49. The highest BCUT2D eigenvalue weighted by molar-refractivity contribution is 5.32. The summed E-state index contributed by atoms with van der Waals surface area (Å²) in [5.74, 6) is 0.685. The molecule has 1 N–H and O–H groups in total. The summed E-state index contributed by atoms with van der Waals surface area (Å²) in [5.41, 5.74) is 3.88. The monoisotopic (exact) mass is 235 g/mol. The van der Waals surface area contributed by atoms with Crippen LogP contribution in [0.25, 0.3) is 0 Å². The largest absolute Gasteiger partial charge is 0.388 e. The number of aryl methyl sites for hydroxylation is 1. The first kappa shape index (κ1) is 12.7. The number of aromatic nitrogens is 1. The second-order valence-electron chi connectivity index (χ2n) is 5.59. The summed E-state index contributed by atoms with van der Waals surface area (Å²) >= 11 is 0.